The third kappa shape index (κ3) is 3.64. The number of amides is 2. The first-order valence-electron chi connectivity index (χ1n) is 11.6. The van der Waals surface area contributed by atoms with Crippen LogP contribution in [0.5, 0.6) is 0 Å². The molecule has 0 radical (unpaired) electrons. The van der Waals surface area contributed by atoms with Crippen molar-refractivity contribution in [3.05, 3.63) is 70.2 Å². The second kappa shape index (κ2) is 9.06. The van der Waals surface area contributed by atoms with Gasteiger partial charge < -0.3 is 14.5 Å². The normalized spacial score (nSPS) is 22.7. The van der Waals surface area contributed by atoms with Crippen LogP contribution >= 0.6 is 11.6 Å². The predicted octanol–water partition coefficient (Wildman–Crippen LogP) is 2.80. The zero-order valence-corrected chi connectivity index (χ0v) is 19.6. The van der Waals surface area contributed by atoms with Gasteiger partial charge in [-0.15, -0.1) is 0 Å². The van der Waals surface area contributed by atoms with Crippen LogP contribution in [0.4, 0.5) is 0 Å². The Morgan fingerprint density at radius 2 is 1.79 bits per heavy atom. The van der Waals surface area contributed by atoms with E-state index in [1.54, 1.807) is 0 Å². The first kappa shape index (κ1) is 22.3. The maximum atomic E-state index is 13.9. The van der Waals surface area contributed by atoms with Gasteiger partial charge in [0.1, 0.15) is 0 Å². The highest BCUT2D eigenvalue weighted by Crippen LogP contribution is 2.49. The van der Waals surface area contributed by atoms with E-state index in [9.17, 15) is 9.59 Å². The second-order valence-electron chi connectivity index (χ2n) is 8.68. The number of carbonyl (C=O) groups excluding carboxylic acids is 2. The maximum absolute atomic E-state index is 13.9. The van der Waals surface area contributed by atoms with Crippen LogP contribution in [-0.4, -0.2) is 84.1 Å². The molecule has 1 unspecified atom stereocenters. The van der Waals surface area contributed by atoms with Gasteiger partial charge in [-0.2, -0.15) is 0 Å². The average Bonchev–Trinajstić information content (AvgIpc) is 3.35. The van der Waals surface area contributed by atoms with Crippen LogP contribution in [0.2, 0.25) is 5.02 Å². The van der Waals surface area contributed by atoms with Crippen molar-refractivity contribution in [1.82, 2.24) is 19.8 Å². The van der Waals surface area contributed by atoms with Gasteiger partial charge in [-0.05, 0) is 24.6 Å². The number of rotatable bonds is 6. The number of morpholine rings is 1. The van der Waals surface area contributed by atoms with Crippen molar-refractivity contribution in [1.29, 1.82) is 0 Å². The molecule has 2 fully saturated rings. The fraction of sp³-hybridized carbons (Fsp3) is 0.440. The van der Waals surface area contributed by atoms with Gasteiger partial charge in [0.2, 0.25) is 5.91 Å². The molecule has 3 aliphatic rings. The van der Waals surface area contributed by atoms with Crippen LogP contribution in [0.25, 0.3) is 0 Å². The molecule has 0 aromatic heterocycles. The molecule has 7 nitrogen and oxygen atoms in total. The van der Waals surface area contributed by atoms with Crippen LogP contribution < -0.4 is 0 Å². The summed E-state index contributed by atoms with van der Waals surface area (Å²) < 4.78 is 5.51. The van der Waals surface area contributed by atoms with Gasteiger partial charge in [-0.3, -0.25) is 9.59 Å². The Labute approximate surface area is 199 Å². The molecule has 0 aliphatic carbocycles. The minimum Gasteiger partial charge on any atom is -0.379 e. The molecule has 174 valence electrons. The van der Waals surface area contributed by atoms with Crippen LogP contribution in [0.1, 0.15) is 34.8 Å². The number of hydrogen-bond acceptors (Lipinski definition) is 5. The molecule has 3 heterocycles. The lowest BCUT2D eigenvalue weighted by Gasteiger charge is -2.42. The molecule has 2 aromatic carbocycles. The lowest BCUT2D eigenvalue weighted by molar-refractivity contribution is -0.147. The molecule has 2 amide bonds. The summed E-state index contributed by atoms with van der Waals surface area (Å²) in [5, 5.41) is 4.99. The summed E-state index contributed by atoms with van der Waals surface area (Å²) in [5.74, 6) is -0.0219. The molecule has 33 heavy (non-hydrogen) atoms. The Morgan fingerprint density at radius 3 is 2.52 bits per heavy atom. The van der Waals surface area contributed by atoms with Gasteiger partial charge in [0.05, 0.1) is 19.8 Å². The van der Waals surface area contributed by atoms with E-state index in [2.05, 4.69) is 16.9 Å². The topological polar surface area (TPSA) is 56.3 Å². The largest absolute Gasteiger partial charge is 0.379 e. The van der Waals surface area contributed by atoms with Gasteiger partial charge in [0.25, 0.3) is 5.91 Å². The number of hydrazine groups is 1. The Hall–Kier alpha value is -2.45. The van der Waals surface area contributed by atoms with E-state index in [0.29, 0.717) is 36.9 Å². The van der Waals surface area contributed by atoms with E-state index >= 15 is 0 Å². The molecule has 8 heteroatoms. The van der Waals surface area contributed by atoms with E-state index in [0.717, 1.165) is 37.2 Å². The minimum atomic E-state index is -0.946. The standard InChI is InChI=1S/C25H29ClN4O3/c1-2-11-28(27-14-16-33-17-15-27)18-23(31)29-12-13-30-24(32)21-5-3-4-6-22(21)25(29,30)19-7-9-20(26)10-8-19/h3-10H,2,11-18H2,1H3. The van der Waals surface area contributed by atoms with Crippen molar-refractivity contribution in [2.24, 2.45) is 0 Å². The fourth-order valence-electron chi connectivity index (χ4n) is 5.44. The third-order valence-corrected chi connectivity index (χ3v) is 7.09. The monoisotopic (exact) mass is 468 g/mol. The average molecular weight is 469 g/mol. The Bertz CT molecular complexity index is 1040. The summed E-state index contributed by atoms with van der Waals surface area (Å²) in [4.78, 5) is 31.1. The summed E-state index contributed by atoms with van der Waals surface area (Å²) in [6.45, 7) is 7.08. The number of halogens is 1. The predicted molar refractivity (Wildman–Crippen MR) is 126 cm³/mol. The van der Waals surface area contributed by atoms with Gasteiger partial charge in [-0.25, -0.2) is 10.0 Å². The summed E-state index contributed by atoms with van der Waals surface area (Å²) in [7, 11) is 0. The maximum Gasteiger partial charge on any atom is 0.256 e. The molecule has 5 rings (SSSR count). The van der Waals surface area contributed by atoms with E-state index in [1.165, 1.54) is 0 Å². The number of fused-ring (bicyclic) bond motifs is 3. The molecule has 1 atom stereocenters. The summed E-state index contributed by atoms with van der Waals surface area (Å²) in [6, 6.07) is 15.2. The zero-order valence-electron chi connectivity index (χ0n) is 18.9. The third-order valence-electron chi connectivity index (χ3n) is 6.84. The second-order valence-corrected chi connectivity index (χ2v) is 9.12. The highest BCUT2D eigenvalue weighted by atomic mass is 35.5. The molecule has 0 saturated carbocycles. The quantitative estimate of drug-likeness (QED) is 0.652. The molecule has 3 aliphatic heterocycles. The highest BCUT2D eigenvalue weighted by molar-refractivity contribution is 6.30. The van der Waals surface area contributed by atoms with Crippen molar-refractivity contribution in [2.45, 2.75) is 19.0 Å². The van der Waals surface area contributed by atoms with Crippen molar-refractivity contribution >= 4 is 23.4 Å². The Balaban J connectivity index is 1.54. The lowest BCUT2D eigenvalue weighted by Crippen LogP contribution is -2.56. The number of hydrogen-bond donors (Lipinski definition) is 0. The van der Waals surface area contributed by atoms with E-state index in [1.807, 2.05) is 58.3 Å². The van der Waals surface area contributed by atoms with Crippen molar-refractivity contribution < 1.29 is 14.3 Å². The van der Waals surface area contributed by atoms with Crippen LogP contribution in [0, 0.1) is 0 Å². The molecular weight excluding hydrogens is 440 g/mol. The van der Waals surface area contributed by atoms with Crippen molar-refractivity contribution in [3.8, 4) is 0 Å². The van der Waals surface area contributed by atoms with E-state index in [4.69, 9.17) is 16.3 Å². The lowest BCUT2D eigenvalue weighted by atomic mass is 9.90. The Morgan fingerprint density at radius 1 is 1.06 bits per heavy atom. The summed E-state index contributed by atoms with van der Waals surface area (Å²) in [6.07, 6.45) is 0.945. The minimum absolute atomic E-state index is 0.0110. The first-order valence-corrected chi connectivity index (χ1v) is 12.0. The van der Waals surface area contributed by atoms with E-state index in [-0.39, 0.29) is 18.4 Å². The van der Waals surface area contributed by atoms with E-state index < -0.39 is 5.66 Å². The van der Waals surface area contributed by atoms with Crippen molar-refractivity contribution in [2.75, 3.05) is 52.5 Å². The zero-order chi connectivity index (χ0) is 23.0. The molecule has 0 spiro atoms. The number of nitrogens with zero attached hydrogens (tertiary/aromatic N) is 4. The van der Waals surface area contributed by atoms with Crippen molar-refractivity contribution in [3.63, 3.8) is 0 Å². The van der Waals surface area contributed by atoms with Crippen LogP contribution in [-0.2, 0) is 15.2 Å². The smallest absolute Gasteiger partial charge is 0.256 e. The molecule has 0 N–H and O–H groups in total. The Kier molecular flexibility index (Phi) is 6.14. The molecule has 2 aromatic rings. The number of benzene rings is 2. The van der Waals surface area contributed by atoms with Crippen LogP contribution in [0.15, 0.2) is 48.5 Å². The molecular formula is C25H29ClN4O3. The van der Waals surface area contributed by atoms with Gasteiger partial charge in [0.15, 0.2) is 5.66 Å². The van der Waals surface area contributed by atoms with Gasteiger partial charge >= 0.3 is 0 Å². The van der Waals surface area contributed by atoms with Gasteiger partial charge in [-0.1, -0.05) is 48.9 Å². The number of ether oxygens (including phenoxy) is 1. The summed E-state index contributed by atoms with van der Waals surface area (Å²) in [5.41, 5.74) is 1.45. The first-order chi connectivity index (χ1) is 16.1. The fourth-order valence-corrected chi connectivity index (χ4v) is 5.56. The molecule has 0 bridgehead atoms. The highest BCUT2D eigenvalue weighted by Gasteiger charge is 2.59. The summed E-state index contributed by atoms with van der Waals surface area (Å²) >= 11 is 6.19. The SMILES string of the molecule is CCCN(CC(=O)N1CCN2C(=O)c3ccccc3C12c1ccc(Cl)cc1)N1CCOCC1. The van der Waals surface area contributed by atoms with Crippen LogP contribution in [0.3, 0.4) is 0 Å². The number of carbonyl (C=O) groups is 2. The van der Waals surface area contributed by atoms with Gasteiger partial charge in [0, 0.05) is 54.4 Å². The molecule has 2 saturated heterocycles.